The molecule has 5 N–H and O–H groups in total. The molecule has 0 unspecified atom stereocenters. The van der Waals surface area contributed by atoms with E-state index in [1.54, 1.807) is 6.08 Å². The molecule has 28 heavy (non-hydrogen) atoms. The van der Waals surface area contributed by atoms with Gasteiger partial charge in [0.25, 0.3) is 0 Å². The van der Waals surface area contributed by atoms with Crippen LogP contribution in [0.2, 0.25) is 0 Å². The topological polar surface area (TPSA) is 161 Å². The molecule has 0 bridgehead atoms. The number of nitrogens with zero attached hydrogens (tertiary/aromatic N) is 4. The van der Waals surface area contributed by atoms with Gasteiger partial charge < -0.3 is 11.1 Å². The van der Waals surface area contributed by atoms with E-state index in [1.807, 2.05) is 30.3 Å². The van der Waals surface area contributed by atoms with Crippen LogP contribution in [-0.4, -0.2) is 23.4 Å². The Balaban J connectivity index is 1.91. The number of nitrogen functional groups attached to an aromatic ring is 1. The maximum atomic E-state index is 11.3. The van der Waals surface area contributed by atoms with Gasteiger partial charge in [-0.05, 0) is 35.9 Å². The number of nitrogens with two attached hydrogens (primary N) is 2. The minimum absolute atomic E-state index is 0.0218. The van der Waals surface area contributed by atoms with Crippen molar-refractivity contribution in [3.05, 3.63) is 66.0 Å². The van der Waals surface area contributed by atoms with Gasteiger partial charge in [0, 0.05) is 5.69 Å². The number of primary sulfonamides is 1. The number of allylic oxidation sites excluding steroid dienone is 1. The van der Waals surface area contributed by atoms with Gasteiger partial charge in [-0.1, -0.05) is 30.3 Å². The molecule has 0 spiro atoms. The fourth-order valence-electron chi connectivity index (χ4n) is 2.29. The fraction of sp³-hybridized carbons (Fsp3) is 0. The Labute approximate surface area is 161 Å². The lowest BCUT2D eigenvalue weighted by atomic mass is 10.1. The van der Waals surface area contributed by atoms with Gasteiger partial charge in [-0.2, -0.15) is 20.2 Å². The summed E-state index contributed by atoms with van der Waals surface area (Å²) in [4.78, 5) is 12.2. The Kier molecular flexibility index (Phi) is 5.30. The summed E-state index contributed by atoms with van der Waals surface area (Å²) < 4.78 is 22.6. The van der Waals surface area contributed by atoms with Gasteiger partial charge in [0.05, 0.1) is 10.5 Å². The molecular weight excluding hydrogens is 378 g/mol. The summed E-state index contributed by atoms with van der Waals surface area (Å²) in [6.45, 7) is 0. The number of sulfonamides is 1. The van der Waals surface area contributed by atoms with Gasteiger partial charge in [0.15, 0.2) is 5.82 Å². The van der Waals surface area contributed by atoms with E-state index in [0.29, 0.717) is 5.69 Å². The van der Waals surface area contributed by atoms with Crippen LogP contribution in [0.15, 0.2) is 59.5 Å². The molecule has 140 valence electrons. The first-order chi connectivity index (χ1) is 13.3. The third-order valence-corrected chi connectivity index (χ3v) is 4.49. The van der Waals surface area contributed by atoms with Crippen LogP contribution in [0.1, 0.15) is 11.4 Å². The minimum Gasteiger partial charge on any atom is -0.368 e. The Morgan fingerprint density at radius 2 is 1.71 bits per heavy atom. The second-order valence-electron chi connectivity index (χ2n) is 5.62. The molecule has 10 heteroatoms. The summed E-state index contributed by atoms with van der Waals surface area (Å²) in [5.74, 6) is 0.158. The van der Waals surface area contributed by atoms with Crippen molar-refractivity contribution in [2.75, 3.05) is 11.1 Å². The number of hydrogen-bond acceptors (Lipinski definition) is 8. The second kappa shape index (κ2) is 7.83. The van der Waals surface area contributed by atoms with E-state index >= 15 is 0 Å². The maximum Gasteiger partial charge on any atom is 0.238 e. The molecule has 0 saturated heterocycles. The van der Waals surface area contributed by atoms with Crippen molar-refractivity contribution in [2.45, 2.75) is 4.90 Å². The van der Waals surface area contributed by atoms with Gasteiger partial charge in [-0.25, -0.2) is 13.6 Å². The zero-order chi connectivity index (χ0) is 20.1. The lowest BCUT2D eigenvalue weighted by molar-refractivity contribution is 0.598. The standard InChI is InChI=1S/C18H15N7O2S/c19-11-13(10-12-4-2-1-3-5-12)16-23-17(20)25-18(24-16)22-14-6-8-15(9-7-14)28(21,26)27/h1-10H,(H2,21,26,27)(H3,20,22,23,24,25)/b13-10+. The number of nitriles is 1. The highest BCUT2D eigenvalue weighted by molar-refractivity contribution is 7.89. The van der Waals surface area contributed by atoms with Crippen LogP contribution in [0.4, 0.5) is 17.6 Å². The van der Waals surface area contributed by atoms with Gasteiger partial charge in [0.1, 0.15) is 6.07 Å². The quantitative estimate of drug-likeness (QED) is 0.554. The molecule has 0 aliphatic carbocycles. The largest absolute Gasteiger partial charge is 0.368 e. The molecule has 3 aromatic rings. The van der Waals surface area contributed by atoms with Crippen LogP contribution in [0.3, 0.4) is 0 Å². The summed E-state index contributed by atoms with van der Waals surface area (Å²) in [6.07, 6.45) is 1.64. The molecule has 0 fully saturated rings. The summed E-state index contributed by atoms with van der Waals surface area (Å²) in [6, 6.07) is 17.0. The van der Waals surface area contributed by atoms with E-state index in [4.69, 9.17) is 10.9 Å². The number of nitrogens with one attached hydrogen (secondary N) is 1. The molecule has 9 nitrogen and oxygen atoms in total. The molecule has 0 radical (unpaired) electrons. The minimum atomic E-state index is -3.78. The molecule has 0 aliphatic heterocycles. The normalized spacial score (nSPS) is 11.6. The Bertz CT molecular complexity index is 1170. The van der Waals surface area contributed by atoms with Crippen LogP contribution in [0.25, 0.3) is 11.6 Å². The van der Waals surface area contributed by atoms with E-state index in [2.05, 4.69) is 26.3 Å². The first-order valence-corrected chi connectivity index (χ1v) is 9.48. The predicted molar refractivity (Wildman–Crippen MR) is 105 cm³/mol. The van der Waals surface area contributed by atoms with Gasteiger partial charge in [-0.15, -0.1) is 0 Å². The van der Waals surface area contributed by atoms with Crippen molar-refractivity contribution in [3.63, 3.8) is 0 Å². The molecular formula is C18H15N7O2S. The highest BCUT2D eigenvalue weighted by Gasteiger charge is 2.11. The van der Waals surface area contributed by atoms with Crippen LogP contribution in [0.5, 0.6) is 0 Å². The third kappa shape index (κ3) is 4.67. The van der Waals surface area contributed by atoms with Crippen molar-refractivity contribution in [2.24, 2.45) is 5.14 Å². The van der Waals surface area contributed by atoms with Crippen molar-refractivity contribution in [1.82, 2.24) is 15.0 Å². The number of aromatic nitrogens is 3. The molecule has 3 rings (SSSR count). The summed E-state index contributed by atoms with van der Waals surface area (Å²) in [5.41, 5.74) is 7.28. The lowest BCUT2D eigenvalue weighted by Crippen LogP contribution is -2.12. The van der Waals surface area contributed by atoms with Crippen LogP contribution >= 0.6 is 0 Å². The Morgan fingerprint density at radius 1 is 1.04 bits per heavy atom. The predicted octanol–water partition coefficient (Wildman–Crippen LogP) is 1.91. The molecule has 1 aromatic heterocycles. The van der Waals surface area contributed by atoms with E-state index in [9.17, 15) is 13.7 Å². The third-order valence-electron chi connectivity index (χ3n) is 3.56. The maximum absolute atomic E-state index is 11.3. The fourth-order valence-corrected chi connectivity index (χ4v) is 2.80. The van der Waals surface area contributed by atoms with Crippen molar-refractivity contribution < 1.29 is 8.42 Å². The molecule has 1 heterocycles. The Morgan fingerprint density at radius 3 is 2.32 bits per heavy atom. The van der Waals surface area contributed by atoms with Crippen molar-refractivity contribution >= 4 is 39.3 Å². The molecule has 0 aliphatic rings. The van der Waals surface area contributed by atoms with E-state index in [-0.39, 0.29) is 28.2 Å². The number of benzene rings is 2. The summed E-state index contributed by atoms with van der Waals surface area (Å²) >= 11 is 0. The van der Waals surface area contributed by atoms with E-state index < -0.39 is 10.0 Å². The highest BCUT2D eigenvalue weighted by Crippen LogP contribution is 2.19. The van der Waals surface area contributed by atoms with Gasteiger partial charge >= 0.3 is 0 Å². The monoisotopic (exact) mass is 393 g/mol. The number of hydrogen-bond donors (Lipinski definition) is 3. The van der Waals surface area contributed by atoms with Crippen LogP contribution in [-0.2, 0) is 10.0 Å². The highest BCUT2D eigenvalue weighted by atomic mass is 32.2. The molecule has 0 saturated carbocycles. The zero-order valence-electron chi connectivity index (χ0n) is 14.4. The average Bonchev–Trinajstić information content (AvgIpc) is 2.66. The zero-order valence-corrected chi connectivity index (χ0v) is 15.3. The summed E-state index contributed by atoms with van der Waals surface area (Å²) in [5, 5.41) is 17.4. The van der Waals surface area contributed by atoms with Crippen LogP contribution in [0, 0.1) is 11.3 Å². The first kappa shape index (κ1) is 19.0. The molecule has 0 atom stereocenters. The SMILES string of the molecule is N#C/C(=C\c1ccccc1)c1nc(N)nc(Nc2ccc(S(N)(=O)=O)cc2)n1. The lowest BCUT2D eigenvalue weighted by Gasteiger charge is -2.07. The van der Waals surface area contributed by atoms with Gasteiger partial charge in [0.2, 0.25) is 21.9 Å². The van der Waals surface area contributed by atoms with E-state index in [0.717, 1.165) is 5.56 Å². The molecule has 2 aromatic carbocycles. The molecule has 0 amide bonds. The summed E-state index contributed by atoms with van der Waals surface area (Å²) in [7, 11) is -3.78. The average molecular weight is 393 g/mol. The van der Waals surface area contributed by atoms with E-state index in [1.165, 1.54) is 24.3 Å². The van der Waals surface area contributed by atoms with Gasteiger partial charge in [-0.3, -0.25) is 0 Å². The van der Waals surface area contributed by atoms with Crippen molar-refractivity contribution in [3.8, 4) is 6.07 Å². The number of anilines is 3. The Hall–Kier alpha value is -3.81. The smallest absolute Gasteiger partial charge is 0.238 e. The second-order valence-corrected chi connectivity index (χ2v) is 7.18. The number of rotatable bonds is 5. The van der Waals surface area contributed by atoms with Crippen molar-refractivity contribution in [1.29, 1.82) is 5.26 Å². The van der Waals surface area contributed by atoms with Crippen LogP contribution < -0.4 is 16.2 Å². The first-order valence-electron chi connectivity index (χ1n) is 7.94.